The number of hydrogen-bond donors (Lipinski definition) is 0. The number of hydrogen-bond acceptors (Lipinski definition) is 3. The van der Waals surface area contributed by atoms with E-state index in [-0.39, 0.29) is 6.10 Å². The van der Waals surface area contributed by atoms with Crippen LogP contribution in [0.25, 0.3) is 5.70 Å². The van der Waals surface area contributed by atoms with Gasteiger partial charge in [-0.1, -0.05) is 36.9 Å². The van der Waals surface area contributed by atoms with Crippen molar-refractivity contribution in [2.24, 2.45) is 0 Å². The monoisotopic (exact) mass is 334 g/mol. The quantitative estimate of drug-likeness (QED) is 0.800. The van der Waals surface area contributed by atoms with Crippen molar-refractivity contribution in [1.29, 1.82) is 0 Å². The Morgan fingerprint density at radius 2 is 2.00 bits per heavy atom. The minimum absolute atomic E-state index is 0.186. The predicted molar refractivity (Wildman–Crippen MR) is 81.4 cm³/mol. The Balaban J connectivity index is 2.40. The summed E-state index contributed by atoms with van der Waals surface area (Å²) in [5.41, 5.74) is 1.91. The predicted octanol–water partition coefficient (Wildman–Crippen LogP) is 3.73. The molecule has 0 fully saturated rings. The smallest absolute Gasteiger partial charge is 0.357 e. The fraction of sp³-hybridized carbons (Fsp3) is 0.200. The van der Waals surface area contributed by atoms with E-state index in [1.54, 1.807) is 18.4 Å². The Morgan fingerprint density at radius 3 is 2.60 bits per heavy atom. The van der Waals surface area contributed by atoms with Gasteiger partial charge in [-0.3, -0.25) is 4.57 Å². The van der Waals surface area contributed by atoms with Crippen LogP contribution in [-0.2, 0) is 4.74 Å². The summed E-state index contributed by atoms with van der Waals surface area (Å²) in [6, 6.07) is 9.60. The summed E-state index contributed by atoms with van der Waals surface area (Å²) < 4.78 is 7.37. The van der Waals surface area contributed by atoms with E-state index >= 15 is 0 Å². The Kier molecular flexibility index (Phi) is 4.39. The molecule has 2 rings (SSSR count). The summed E-state index contributed by atoms with van der Waals surface area (Å²) in [6.07, 6.45) is 1.29. The van der Waals surface area contributed by atoms with Gasteiger partial charge in [-0.15, -0.1) is 0 Å². The van der Waals surface area contributed by atoms with E-state index in [1.165, 1.54) is 6.20 Å². The Morgan fingerprint density at radius 1 is 1.35 bits per heavy atom. The summed E-state index contributed by atoms with van der Waals surface area (Å²) in [5.74, 6) is -0.421. The number of esters is 1. The van der Waals surface area contributed by atoms with E-state index in [9.17, 15) is 4.79 Å². The highest BCUT2D eigenvalue weighted by atomic mass is 79.9. The molecule has 0 saturated heterocycles. The molecule has 5 heteroatoms. The first-order valence-corrected chi connectivity index (χ1v) is 6.99. The summed E-state index contributed by atoms with van der Waals surface area (Å²) in [6.45, 7) is 7.65. The molecule has 0 bridgehead atoms. The molecule has 0 atom stereocenters. The van der Waals surface area contributed by atoms with Crippen LogP contribution in [0.1, 0.15) is 29.9 Å². The summed E-state index contributed by atoms with van der Waals surface area (Å²) in [4.78, 5) is 16.2. The molecular weight excluding hydrogens is 320 g/mol. The van der Waals surface area contributed by atoms with Crippen molar-refractivity contribution in [2.45, 2.75) is 20.0 Å². The van der Waals surface area contributed by atoms with Crippen molar-refractivity contribution >= 4 is 27.6 Å². The number of imidazole rings is 1. The Bertz CT molecular complexity index is 633. The van der Waals surface area contributed by atoms with Gasteiger partial charge < -0.3 is 4.74 Å². The first-order valence-electron chi connectivity index (χ1n) is 6.19. The van der Waals surface area contributed by atoms with E-state index in [1.807, 2.05) is 30.3 Å². The average molecular weight is 335 g/mol. The van der Waals surface area contributed by atoms with Crippen molar-refractivity contribution in [2.75, 3.05) is 0 Å². The van der Waals surface area contributed by atoms with E-state index in [0.717, 1.165) is 5.56 Å². The Hall–Kier alpha value is -1.88. The number of rotatable bonds is 4. The lowest BCUT2D eigenvalue weighted by atomic mass is 10.2. The van der Waals surface area contributed by atoms with Crippen LogP contribution in [-0.4, -0.2) is 21.6 Å². The van der Waals surface area contributed by atoms with Crippen LogP contribution in [0.15, 0.2) is 47.8 Å². The normalized spacial score (nSPS) is 10.6. The molecule has 20 heavy (non-hydrogen) atoms. The molecule has 0 saturated carbocycles. The van der Waals surface area contributed by atoms with Crippen LogP contribution in [0.3, 0.4) is 0 Å². The van der Waals surface area contributed by atoms with Crippen LogP contribution >= 0.6 is 15.9 Å². The number of nitrogens with zero attached hydrogens (tertiary/aromatic N) is 2. The molecule has 4 nitrogen and oxygen atoms in total. The maximum Gasteiger partial charge on any atom is 0.357 e. The van der Waals surface area contributed by atoms with Gasteiger partial charge in [0.1, 0.15) is 0 Å². The molecule has 0 unspecified atom stereocenters. The number of halogens is 1. The molecule has 2 aromatic rings. The van der Waals surface area contributed by atoms with Crippen LogP contribution < -0.4 is 0 Å². The van der Waals surface area contributed by atoms with Crippen LogP contribution in [0.4, 0.5) is 0 Å². The topological polar surface area (TPSA) is 44.1 Å². The number of ether oxygens (including phenoxy) is 1. The van der Waals surface area contributed by atoms with Crippen LogP contribution in [0.5, 0.6) is 0 Å². The van der Waals surface area contributed by atoms with Crippen molar-refractivity contribution in [3.05, 3.63) is 59.1 Å². The molecule has 0 aliphatic carbocycles. The summed E-state index contributed by atoms with van der Waals surface area (Å²) in [7, 11) is 0. The third kappa shape index (κ3) is 2.99. The van der Waals surface area contributed by atoms with Crippen molar-refractivity contribution in [3.8, 4) is 0 Å². The molecule has 0 spiro atoms. The highest BCUT2D eigenvalue weighted by molar-refractivity contribution is 9.10. The summed E-state index contributed by atoms with van der Waals surface area (Å²) in [5, 5.41) is 0. The van der Waals surface area contributed by atoms with Gasteiger partial charge in [-0.2, -0.15) is 0 Å². The van der Waals surface area contributed by atoms with Gasteiger partial charge in [0.2, 0.25) is 0 Å². The summed E-state index contributed by atoms with van der Waals surface area (Å²) >= 11 is 3.33. The van der Waals surface area contributed by atoms with Crippen LogP contribution in [0.2, 0.25) is 0 Å². The number of carbonyl (C=O) groups excluding carboxylic acids is 1. The lowest BCUT2D eigenvalue weighted by Crippen LogP contribution is -2.16. The fourth-order valence-corrected chi connectivity index (χ4v) is 2.27. The van der Waals surface area contributed by atoms with Crippen LogP contribution in [0, 0.1) is 0 Å². The van der Waals surface area contributed by atoms with Gasteiger partial charge in [0.15, 0.2) is 10.4 Å². The van der Waals surface area contributed by atoms with Crippen molar-refractivity contribution in [3.63, 3.8) is 0 Å². The largest absolute Gasteiger partial charge is 0.458 e. The van der Waals surface area contributed by atoms with Gasteiger partial charge >= 0.3 is 5.97 Å². The third-order valence-corrected chi connectivity index (χ3v) is 3.21. The highest BCUT2D eigenvalue weighted by Gasteiger charge is 2.20. The minimum atomic E-state index is -0.421. The van der Waals surface area contributed by atoms with Gasteiger partial charge in [0.25, 0.3) is 0 Å². The molecule has 0 N–H and O–H groups in total. The van der Waals surface area contributed by atoms with Gasteiger partial charge in [0, 0.05) is 5.70 Å². The second-order valence-electron chi connectivity index (χ2n) is 4.51. The highest BCUT2D eigenvalue weighted by Crippen LogP contribution is 2.23. The third-order valence-electron chi connectivity index (χ3n) is 2.65. The minimum Gasteiger partial charge on any atom is -0.458 e. The Labute approximate surface area is 126 Å². The second-order valence-corrected chi connectivity index (χ2v) is 5.22. The first-order chi connectivity index (χ1) is 9.50. The molecule has 0 aliphatic rings. The molecule has 0 aliphatic heterocycles. The molecule has 0 amide bonds. The molecular formula is C15H15BrN2O2. The first kappa shape index (κ1) is 14.5. The van der Waals surface area contributed by atoms with Crippen molar-refractivity contribution in [1.82, 2.24) is 9.55 Å². The lowest BCUT2D eigenvalue weighted by Gasteiger charge is -2.13. The van der Waals surface area contributed by atoms with Gasteiger partial charge in [0.05, 0.1) is 12.3 Å². The maximum atomic E-state index is 12.1. The lowest BCUT2D eigenvalue weighted by molar-refractivity contribution is 0.0368. The van der Waals surface area contributed by atoms with E-state index in [0.29, 0.717) is 16.1 Å². The number of aromatic nitrogens is 2. The van der Waals surface area contributed by atoms with E-state index in [4.69, 9.17) is 4.74 Å². The molecule has 1 heterocycles. The van der Waals surface area contributed by atoms with Crippen molar-refractivity contribution < 1.29 is 9.53 Å². The molecule has 104 valence electrons. The zero-order valence-corrected chi connectivity index (χ0v) is 12.9. The zero-order chi connectivity index (χ0) is 14.7. The SMILES string of the molecule is C=C(c1ccccc1)n1c(C(=O)OC(C)C)cnc1Br. The molecule has 1 aromatic heterocycles. The fourth-order valence-electron chi connectivity index (χ4n) is 1.76. The second kappa shape index (κ2) is 6.05. The number of benzene rings is 1. The van der Waals surface area contributed by atoms with E-state index < -0.39 is 5.97 Å². The van der Waals surface area contributed by atoms with Gasteiger partial charge in [-0.25, -0.2) is 9.78 Å². The number of carbonyl (C=O) groups is 1. The average Bonchev–Trinajstić information content (AvgIpc) is 2.80. The molecule has 1 aromatic carbocycles. The molecule has 0 radical (unpaired) electrons. The van der Waals surface area contributed by atoms with E-state index in [2.05, 4.69) is 27.5 Å². The maximum absolute atomic E-state index is 12.1. The standard InChI is InChI=1S/C15H15BrN2O2/c1-10(2)20-14(19)13-9-17-15(16)18(13)11(3)12-7-5-4-6-8-12/h4-10H,3H2,1-2H3. The van der Waals surface area contributed by atoms with Gasteiger partial charge in [-0.05, 0) is 35.3 Å². The zero-order valence-electron chi connectivity index (χ0n) is 11.3.